The van der Waals surface area contributed by atoms with Gasteiger partial charge in [0.1, 0.15) is 0 Å². The molecule has 6 heterocycles. The van der Waals surface area contributed by atoms with Crippen molar-refractivity contribution in [3.63, 3.8) is 0 Å². The molecule has 0 N–H and O–H groups in total. The third-order valence-electron chi connectivity index (χ3n) is 10.3. The second-order valence-corrected chi connectivity index (χ2v) is 13.6. The maximum atomic E-state index is 5.16. The molecule has 6 aromatic heterocycles. The Labute approximate surface area is 309 Å². The van der Waals surface area contributed by atoms with Gasteiger partial charge in [-0.3, -0.25) is 9.97 Å². The van der Waals surface area contributed by atoms with Gasteiger partial charge in [-0.25, -0.2) is 19.9 Å². The summed E-state index contributed by atoms with van der Waals surface area (Å²) in [6.07, 6.45) is 3.64. The Hall–Kier alpha value is -7.44. The lowest BCUT2D eigenvalue weighted by Crippen LogP contribution is -1.92. The maximum Gasteiger partial charge on any atom is 0.0972 e. The van der Waals surface area contributed by atoms with E-state index in [1.54, 1.807) is 0 Å². The van der Waals surface area contributed by atoms with Crippen LogP contribution in [0.15, 0.2) is 170 Å². The maximum absolute atomic E-state index is 5.16. The molecule has 6 heteroatoms. The molecule has 0 unspecified atom stereocenters. The molecule has 0 amide bonds. The molecule has 6 nitrogen and oxygen atoms in total. The lowest BCUT2D eigenvalue weighted by atomic mass is 10.0. The number of fused-ring (bicyclic) bond motifs is 8. The molecule has 11 aromatic rings. The van der Waals surface area contributed by atoms with Crippen molar-refractivity contribution in [1.82, 2.24) is 29.9 Å². The van der Waals surface area contributed by atoms with E-state index in [0.717, 1.165) is 110 Å². The van der Waals surface area contributed by atoms with E-state index in [0.29, 0.717) is 0 Å². The average molecular weight is 689 g/mol. The van der Waals surface area contributed by atoms with E-state index >= 15 is 0 Å². The highest BCUT2D eigenvalue weighted by Crippen LogP contribution is 2.32. The molecule has 0 saturated heterocycles. The van der Waals surface area contributed by atoms with E-state index in [1.807, 2.05) is 36.7 Å². The number of pyridine rings is 6. The summed E-state index contributed by atoms with van der Waals surface area (Å²) >= 11 is 0. The highest BCUT2D eigenvalue weighted by atomic mass is 14.8. The van der Waals surface area contributed by atoms with Gasteiger partial charge >= 0.3 is 0 Å². The standard InChI is InChI=1S/C48H28N6/c1-4-37(26-38(5-1)40-21-18-33-12-10-31-6-2-24-49-45(31)47(33)53-40)39-20-16-29-8-14-35(27-43(29)51-39)36-15-9-30-17-22-41(52-44(30)28-36)42-23-19-34-13-11-32-7-3-25-50-46(32)48(34)54-42/h1-28H. The van der Waals surface area contributed by atoms with Crippen LogP contribution >= 0.6 is 0 Å². The third kappa shape index (κ3) is 5.12. The molecule has 0 aliphatic carbocycles. The lowest BCUT2D eigenvalue weighted by molar-refractivity contribution is 1.31. The van der Waals surface area contributed by atoms with E-state index in [1.165, 1.54) is 0 Å². The summed E-state index contributed by atoms with van der Waals surface area (Å²) in [5.41, 5.74) is 13.1. The Morgan fingerprint density at radius 3 is 1.24 bits per heavy atom. The molecule has 0 aliphatic heterocycles. The van der Waals surface area contributed by atoms with Crippen molar-refractivity contribution in [2.24, 2.45) is 0 Å². The minimum Gasteiger partial charge on any atom is -0.254 e. The molecule has 0 saturated carbocycles. The fourth-order valence-corrected chi connectivity index (χ4v) is 7.49. The van der Waals surface area contributed by atoms with Crippen LogP contribution in [0.5, 0.6) is 0 Å². The Morgan fingerprint density at radius 2 is 0.667 bits per heavy atom. The first-order valence-electron chi connectivity index (χ1n) is 17.9. The van der Waals surface area contributed by atoms with Crippen LogP contribution < -0.4 is 0 Å². The number of hydrogen-bond donors (Lipinski definition) is 0. The predicted octanol–water partition coefficient (Wildman–Crippen LogP) is 11.6. The molecular weight excluding hydrogens is 661 g/mol. The summed E-state index contributed by atoms with van der Waals surface area (Å²) in [5.74, 6) is 0. The fraction of sp³-hybridized carbons (Fsp3) is 0. The van der Waals surface area contributed by atoms with E-state index in [-0.39, 0.29) is 0 Å². The average Bonchev–Trinajstić information content (AvgIpc) is 3.25. The first kappa shape index (κ1) is 30.2. The zero-order chi connectivity index (χ0) is 35.6. The predicted molar refractivity (Wildman–Crippen MR) is 220 cm³/mol. The summed E-state index contributed by atoms with van der Waals surface area (Å²) in [6, 6.07) is 54.5. The summed E-state index contributed by atoms with van der Waals surface area (Å²) in [7, 11) is 0. The number of nitrogens with zero attached hydrogens (tertiary/aromatic N) is 6. The molecular formula is C48H28N6. The van der Waals surface area contributed by atoms with Gasteiger partial charge in [0, 0.05) is 55.8 Å². The Bertz CT molecular complexity index is 3300. The van der Waals surface area contributed by atoms with Gasteiger partial charge in [-0.1, -0.05) is 103 Å². The Morgan fingerprint density at radius 1 is 0.259 bits per heavy atom. The van der Waals surface area contributed by atoms with Crippen molar-refractivity contribution in [2.45, 2.75) is 0 Å². The van der Waals surface area contributed by atoms with Crippen LogP contribution in [-0.2, 0) is 0 Å². The zero-order valence-electron chi connectivity index (χ0n) is 28.8. The van der Waals surface area contributed by atoms with Crippen LogP contribution in [0.4, 0.5) is 0 Å². The minimum absolute atomic E-state index is 0.821. The summed E-state index contributed by atoms with van der Waals surface area (Å²) < 4.78 is 0. The van der Waals surface area contributed by atoms with Gasteiger partial charge < -0.3 is 0 Å². The Balaban J connectivity index is 0.939. The van der Waals surface area contributed by atoms with Crippen LogP contribution in [0.3, 0.4) is 0 Å². The first-order chi connectivity index (χ1) is 26.7. The number of hydrogen-bond acceptors (Lipinski definition) is 6. The highest BCUT2D eigenvalue weighted by molar-refractivity contribution is 6.04. The summed E-state index contributed by atoms with van der Waals surface area (Å²) in [4.78, 5) is 29.6. The Kier molecular flexibility index (Phi) is 6.75. The SMILES string of the molecule is c1cc(-c2ccc3ccc(-c4ccc5ccc(-c6ccc7ccc8cccnc8c7n6)nc5c4)cc3n2)cc(-c2ccc3ccc4cccnc4c3n2)c1. The van der Waals surface area contributed by atoms with Crippen molar-refractivity contribution in [3.8, 4) is 45.0 Å². The van der Waals surface area contributed by atoms with Gasteiger partial charge in [0.15, 0.2) is 0 Å². The smallest absolute Gasteiger partial charge is 0.0972 e. The van der Waals surface area contributed by atoms with Gasteiger partial charge in [0.05, 0.1) is 55.9 Å². The number of rotatable bonds is 4. The monoisotopic (exact) mass is 688 g/mol. The third-order valence-corrected chi connectivity index (χ3v) is 10.3. The van der Waals surface area contributed by atoms with Crippen LogP contribution in [-0.4, -0.2) is 29.9 Å². The van der Waals surface area contributed by atoms with Gasteiger partial charge in [-0.15, -0.1) is 0 Å². The van der Waals surface area contributed by atoms with Crippen LogP contribution in [0.1, 0.15) is 0 Å². The highest BCUT2D eigenvalue weighted by Gasteiger charge is 2.12. The second kappa shape index (κ2) is 12.1. The van der Waals surface area contributed by atoms with Crippen molar-refractivity contribution in [3.05, 3.63) is 170 Å². The molecule has 5 aromatic carbocycles. The van der Waals surface area contributed by atoms with Gasteiger partial charge in [0.2, 0.25) is 0 Å². The molecule has 54 heavy (non-hydrogen) atoms. The molecule has 0 fully saturated rings. The van der Waals surface area contributed by atoms with E-state index in [2.05, 4.69) is 143 Å². The molecule has 0 atom stereocenters. The number of aromatic nitrogens is 6. The van der Waals surface area contributed by atoms with E-state index in [4.69, 9.17) is 19.9 Å². The van der Waals surface area contributed by atoms with Crippen molar-refractivity contribution in [1.29, 1.82) is 0 Å². The molecule has 0 radical (unpaired) electrons. The quantitative estimate of drug-likeness (QED) is 0.171. The molecule has 11 rings (SSSR count). The van der Waals surface area contributed by atoms with Gasteiger partial charge in [0.25, 0.3) is 0 Å². The molecule has 0 bridgehead atoms. The number of benzene rings is 5. The van der Waals surface area contributed by atoms with Gasteiger partial charge in [-0.2, -0.15) is 0 Å². The van der Waals surface area contributed by atoms with Gasteiger partial charge in [-0.05, 0) is 65.7 Å². The van der Waals surface area contributed by atoms with Crippen LogP contribution in [0, 0.1) is 0 Å². The molecule has 0 aliphatic rings. The van der Waals surface area contributed by atoms with E-state index in [9.17, 15) is 0 Å². The topological polar surface area (TPSA) is 77.3 Å². The minimum atomic E-state index is 0.821. The molecule has 0 spiro atoms. The summed E-state index contributed by atoms with van der Waals surface area (Å²) in [6.45, 7) is 0. The van der Waals surface area contributed by atoms with Crippen molar-refractivity contribution < 1.29 is 0 Å². The lowest BCUT2D eigenvalue weighted by Gasteiger charge is -2.10. The van der Waals surface area contributed by atoms with Crippen LogP contribution in [0.25, 0.3) is 110 Å². The van der Waals surface area contributed by atoms with Crippen molar-refractivity contribution >= 4 is 65.4 Å². The molecule has 250 valence electrons. The zero-order valence-corrected chi connectivity index (χ0v) is 28.8. The largest absolute Gasteiger partial charge is 0.254 e. The second-order valence-electron chi connectivity index (χ2n) is 13.6. The summed E-state index contributed by atoms with van der Waals surface area (Å²) in [5, 5.41) is 6.44. The normalized spacial score (nSPS) is 11.7. The van der Waals surface area contributed by atoms with E-state index < -0.39 is 0 Å². The van der Waals surface area contributed by atoms with Crippen LogP contribution in [0.2, 0.25) is 0 Å². The van der Waals surface area contributed by atoms with Crippen molar-refractivity contribution in [2.75, 3.05) is 0 Å². The fourth-order valence-electron chi connectivity index (χ4n) is 7.49. The first-order valence-corrected chi connectivity index (χ1v) is 17.9.